The topological polar surface area (TPSA) is 76.5 Å². The highest BCUT2D eigenvalue weighted by Gasteiger charge is 2.23. The first-order valence-corrected chi connectivity index (χ1v) is 12.1. The molecule has 3 heterocycles. The van der Waals surface area contributed by atoms with Crippen molar-refractivity contribution in [2.45, 2.75) is 32.4 Å². The van der Waals surface area contributed by atoms with Gasteiger partial charge in [0.05, 0.1) is 23.3 Å². The number of pyridine rings is 1. The Hall–Kier alpha value is -2.29. The Morgan fingerprint density at radius 1 is 1.23 bits per heavy atom. The minimum absolute atomic E-state index is 0.0567. The summed E-state index contributed by atoms with van der Waals surface area (Å²) in [6.45, 7) is 2.77. The van der Waals surface area contributed by atoms with Gasteiger partial charge in [-0.05, 0) is 50.5 Å². The molecule has 1 unspecified atom stereocenters. The van der Waals surface area contributed by atoms with Gasteiger partial charge in [-0.1, -0.05) is 23.7 Å². The molecular weight excluding hydrogens is 424 g/mol. The van der Waals surface area contributed by atoms with Crippen LogP contribution in [-0.2, 0) is 14.8 Å². The molecule has 2 aromatic heterocycles. The SMILES string of the molecule is Cc1cc2c(Nc3ccccc3N(C)S(C)(=O)=O)cc(Cl)nc2n1C1CCCCO1. The van der Waals surface area contributed by atoms with E-state index in [9.17, 15) is 8.42 Å². The number of aromatic nitrogens is 2. The van der Waals surface area contributed by atoms with Crippen LogP contribution in [0.4, 0.5) is 17.1 Å². The lowest BCUT2D eigenvalue weighted by Gasteiger charge is -2.26. The molecule has 0 bridgehead atoms. The summed E-state index contributed by atoms with van der Waals surface area (Å²) in [5.41, 5.74) is 3.76. The number of benzene rings is 1. The molecule has 3 aromatic rings. The summed E-state index contributed by atoms with van der Waals surface area (Å²) in [6.07, 6.45) is 4.24. The van der Waals surface area contributed by atoms with Crippen molar-refractivity contribution in [3.8, 4) is 0 Å². The van der Waals surface area contributed by atoms with Crippen LogP contribution in [0.15, 0.2) is 36.4 Å². The Kier molecular flexibility index (Phi) is 5.65. The van der Waals surface area contributed by atoms with Crippen LogP contribution < -0.4 is 9.62 Å². The normalized spacial score (nSPS) is 17.3. The van der Waals surface area contributed by atoms with E-state index in [2.05, 4.69) is 20.9 Å². The van der Waals surface area contributed by atoms with E-state index in [0.717, 1.165) is 48.3 Å². The van der Waals surface area contributed by atoms with Gasteiger partial charge in [-0.15, -0.1) is 0 Å². The average Bonchev–Trinajstić information content (AvgIpc) is 3.03. The van der Waals surface area contributed by atoms with Gasteiger partial charge in [0.15, 0.2) is 0 Å². The van der Waals surface area contributed by atoms with Gasteiger partial charge in [0.2, 0.25) is 10.0 Å². The molecule has 9 heteroatoms. The third kappa shape index (κ3) is 3.99. The number of ether oxygens (including phenoxy) is 1. The van der Waals surface area contributed by atoms with Crippen molar-refractivity contribution in [1.82, 2.24) is 9.55 Å². The number of rotatable bonds is 5. The largest absolute Gasteiger partial charge is 0.358 e. The fourth-order valence-corrected chi connectivity index (χ4v) is 4.56. The maximum absolute atomic E-state index is 12.1. The van der Waals surface area contributed by atoms with E-state index >= 15 is 0 Å². The predicted molar refractivity (Wildman–Crippen MR) is 121 cm³/mol. The highest BCUT2D eigenvalue weighted by molar-refractivity contribution is 7.92. The van der Waals surface area contributed by atoms with E-state index in [0.29, 0.717) is 16.5 Å². The van der Waals surface area contributed by atoms with Gasteiger partial charge in [0.1, 0.15) is 17.0 Å². The molecule has 4 rings (SSSR count). The first-order valence-electron chi connectivity index (χ1n) is 9.85. The van der Waals surface area contributed by atoms with Crippen molar-refractivity contribution in [2.75, 3.05) is 29.5 Å². The lowest BCUT2D eigenvalue weighted by atomic mass is 10.2. The zero-order chi connectivity index (χ0) is 21.5. The summed E-state index contributed by atoms with van der Waals surface area (Å²) >= 11 is 6.37. The molecule has 1 aliphatic heterocycles. The third-order valence-corrected chi connectivity index (χ3v) is 6.81. The molecule has 1 atom stereocenters. The monoisotopic (exact) mass is 448 g/mol. The highest BCUT2D eigenvalue weighted by atomic mass is 35.5. The number of halogens is 1. The molecule has 0 radical (unpaired) electrons. The molecule has 1 saturated heterocycles. The van der Waals surface area contributed by atoms with Crippen LogP contribution in [-0.4, -0.2) is 37.9 Å². The molecule has 0 spiro atoms. The zero-order valence-electron chi connectivity index (χ0n) is 17.2. The molecule has 160 valence electrons. The summed E-state index contributed by atoms with van der Waals surface area (Å²) in [5.74, 6) is 0. The number of aryl methyl sites for hydroxylation is 1. The van der Waals surface area contributed by atoms with Crippen molar-refractivity contribution >= 4 is 49.7 Å². The van der Waals surface area contributed by atoms with Crippen LogP contribution in [0, 0.1) is 6.92 Å². The second-order valence-corrected chi connectivity index (χ2v) is 9.98. The minimum Gasteiger partial charge on any atom is -0.358 e. The summed E-state index contributed by atoms with van der Waals surface area (Å²) in [7, 11) is -1.87. The quantitative estimate of drug-likeness (QED) is 0.565. The van der Waals surface area contributed by atoms with Crippen molar-refractivity contribution in [3.05, 3.63) is 47.2 Å². The van der Waals surface area contributed by atoms with E-state index in [4.69, 9.17) is 16.3 Å². The van der Waals surface area contributed by atoms with Crippen molar-refractivity contribution in [2.24, 2.45) is 0 Å². The van der Waals surface area contributed by atoms with Crippen LogP contribution in [0.5, 0.6) is 0 Å². The highest BCUT2D eigenvalue weighted by Crippen LogP contribution is 2.37. The number of hydrogen-bond donors (Lipinski definition) is 1. The Labute approximate surface area is 181 Å². The van der Waals surface area contributed by atoms with Gasteiger partial charge in [-0.2, -0.15) is 0 Å². The minimum atomic E-state index is -3.40. The Balaban J connectivity index is 1.80. The van der Waals surface area contributed by atoms with Gasteiger partial charge in [0.25, 0.3) is 0 Å². The number of nitrogens with zero attached hydrogens (tertiary/aromatic N) is 3. The van der Waals surface area contributed by atoms with Gasteiger partial charge >= 0.3 is 0 Å². The fraction of sp³-hybridized carbons (Fsp3) is 0.381. The first-order chi connectivity index (χ1) is 14.3. The summed E-state index contributed by atoms with van der Waals surface area (Å²) in [4.78, 5) is 4.57. The van der Waals surface area contributed by atoms with Crippen LogP contribution >= 0.6 is 11.6 Å². The standard InChI is InChI=1S/C21H25ClN4O3S/c1-14-12-15-17(23-16-8-4-5-9-18(16)25(2)30(3,27)28)13-19(22)24-21(15)26(14)20-10-6-7-11-29-20/h4-5,8-9,12-13,20H,6-7,10-11H2,1-3H3,(H,23,24). The van der Waals surface area contributed by atoms with Crippen LogP contribution in [0.3, 0.4) is 0 Å². The lowest BCUT2D eigenvalue weighted by molar-refractivity contribution is -0.0305. The lowest BCUT2D eigenvalue weighted by Crippen LogP contribution is -2.25. The van der Waals surface area contributed by atoms with Gasteiger partial charge < -0.3 is 14.6 Å². The molecule has 0 saturated carbocycles. The van der Waals surface area contributed by atoms with Crippen molar-refractivity contribution in [3.63, 3.8) is 0 Å². The Morgan fingerprint density at radius 3 is 2.70 bits per heavy atom. The Bertz CT molecular complexity index is 1190. The molecule has 0 amide bonds. The molecule has 0 aliphatic carbocycles. The van der Waals surface area contributed by atoms with Crippen LogP contribution in [0.1, 0.15) is 31.2 Å². The van der Waals surface area contributed by atoms with Crippen LogP contribution in [0.25, 0.3) is 11.0 Å². The van der Waals surface area contributed by atoms with E-state index in [1.165, 1.54) is 17.6 Å². The number of para-hydroxylation sites is 2. The van der Waals surface area contributed by atoms with Gasteiger partial charge in [0, 0.05) is 24.7 Å². The molecule has 30 heavy (non-hydrogen) atoms. The van der Waals surface area contributed by atoms with Gasteiger partial charge in [-0.25, -0.2) is 13.4 Å². The molecule has 1 N–H and O–H groups in total. The molecule has 7 nitrogen and oxygen atoms in total. The van der Waals surface area contributed by atoms with Crippen LogP contribution in [0.2, 0.25) is 5.15 Å². The van der Waals surface area contributed by atoms with Crippen molar-refractivity contribution in [1.29, 1.82) is 0 Å². The van der Waals surface area contributed by atoms with E-state index < -0.39 is 10.0 Å². The summed E-state index contributed by atoms with van der Waals surface area (Å²) in [6, 6.07) is 11.1. The number of nitrogens with one attached hydrogen (secondary N) is 1. The first kappa shape index (κ1) is 21.0. The number of hydrogen-bond acceptors (Lipinski definition) is 5. The third-order valence-electron chi connectivity index (χ3n) is 5.42. The number of sulfonamides is 1. The number of fused-ring (bicyclic) bond motifs is 1. The molecule has 1 aliphatic rings. The second-order valence-electron chi connectivity index (χ2n) is 7.58. The maximum atomic E-state index is 12.1. The summed E-state index contributed by atoms with van der Waals surface area (Å²) < 4.78 is 33.5. The Morgan fingerprint density at radius 2 is 2.00 bits per heavy atom. The van der Waals surface area contributed by atoms with Gasteiger partial charge in [-0.3, -0.25) is 4.31 Å². The smallest absolute Gasteiger partial charge is 0.232 e. The number of anilines is 3. The molecule has 1 fully saturated rings. The molecular formula is C21H25ClN4O3S. The maximum Gasteiger partial charge on any atom is 0.232 e. The van der Waals surface area contributed by atoms with E-state index in [1.54, 1.807) is 18.2 Å². The van der Waals surface area contributed by atoms with E-state index in [-0.39, 0.29) is 6.23 Å². The summed E-state index contributed by atoms with van der Waals surface area (Å²) in [5, 5.41) is 4.63. The predicted octanol–water partition coefficient (Wildman–Crippen LogP) is 4.84. The molecule has 1 aromatic carbocycles. The second kappa shape index (κ2) is 8.09. The zero-order valence-corrected chi connectivity index (χ0v) is 18.8. The van der Waals surface area contributed by atoms with E-state index in [1.807, 2.05) is 19.1 Å². The van der Waals surface area contributed by atoms with Crippen molar-refractivity contribution < 1.29 is 13.2 Å². The fourth-order valence-electron chi connectivity index (χ4n) is 3.85. The average molecular weight is 449 g/mol.